The van der Waals surface area contributed by atoms with Gasteiger partial charge in [0, 0.05) is 6.20 Å². The molecular weight excluding hydrogens is 220 g/mol. The molecule has 2 rings (SSSR count). The number of aromatic nitrogens is 1. The summed E-state index contributed by atoms with van der Waals surface area (Å²) in [6.45, 7) is 9.76. The van der Waals surface area contributed by atoms with Crippen LogP contribution in [0.5, 0.6) is 0 Å². The molecule has 0 amide bonds. The van der Waals surface area contributed by atoms with E-state index in [4.69, 9.17) is 9.31 Å². The maximum atomic E-state index is 13.2. The summed E-state index contributed by atoms with van der Waals surface area (Å²) in [5, 5.41) is 0. The zero-order valence-corrected chi connectivity index (χ0v) is 10.9. The molecule has 0 saturated carbocycles. The Balaban J connectivity index is 2.35. The number of pyridine rings is 1. The molecule has 0 unspecified atom stereocenters. The Kier molecular flexibility index (Phi) is 2.79. The summed E-state index contributed by atoms with van der Waals surface area (Å²) in [6.07, 6.45) is 1.50. The average molecular weight is 237 g/mol. The van der Waals surface area contributed by atoms with Crippen LogP contribution in [-0.4, -0.2) is 23.3 Å². The van der Waals surface area contributed by atoms with E-state index < -0.39 is 24.3 Å². The minimum atomic E-state index is -0.530. The number of hydrogen-bond donors (Lipinski definition) is 0. The van der Waals surface area contributed by atoms with Gasteiger partial charge < -0.3 is 9.31 Å². The second-order valence-corrected chi connectivity index (χ2v) is 5.45. The molecule has 1 fully saturated rings. The van der Waals surface area contributed by atoms with Crippen molar-refractivity contribution in [3.8, 4) is 0 Å². The van der Waals surface area contributed by atoms with Gasteiger partial charge in [0.2, 0.25) is 5.95 Å². The molecule has 0 aromatic carbocycles. The largest absolute Gasteiger partial charge is 0.495 e. The van der Waals surface area contributed by atoms with Crippen molar-refractivity contribution in [2.75, 3.05) is 0 Å². The lowest BCUT2D eigenvalue weighted by Crippen LogP contribution is -2.41. The second-order valence-electron chi connectivity index (χ2n) is 5.45. The number of rotatable bonds is 1. The molecule has 0 radical (unpaired) electrons. The molecule has 0 atom stereocenters. The van der Waals surface area contributed by atoms with E-state index in [-0.39, 0.29) is 0 Å². The van der Waals surface area contributed by atoms with Crippen LogP contribution in [0.25, 0.3) is 0 Å². The Morgan fingerprint density at radius 3 is 2.24 bits per heavy atom. The maximum Gasteiger partial charge on any atom is 0.495 e. The van der Waals surface area contributed by atoms with Crippen LogP contribution in [0, 0.1) is 12.9 Å². The molecule has 1 aliphatic rings. The standard InChI is InChI=1S/C12H17BFNO2/c1-8-7-15-10(14)6-9(8)13-16-11(2,3)12(4,5)17-13/h6-7H,1-5H3. The van der Waals surface area contributed by atoms with E-state index >= 15 is 0 Å². The molecule has 0 N–H and O–H groups in total. The lowest BCUT2D eigenvalue weighted by molar-refractivity contribution is 0.00578. The lowest BCUT2D eigenvalue weighted by Gasteiger charge is -2.32. The second kappa shape index (κ2) is 3.78. The highest BCUT2D eigenvalue weighted by Crippen LogP contribution is 2.36. The molecule has 1 aliphatic heterocycles. The summed E-state index contributed by atoms with van der Waals surface area (Å²) in [6, 6.07) is 1.37. The Labute approximate surface area is 101 Å². The van der Waals surface area contributed by atoms with Crippen LogP contribution in [-0.2, 0) is 9.31 Å². The highest BCUT2D eigenvalue weighted by molar-refractivity contribution is 6.62. The zero-order valence-electron chi connectivity index (χ0n) is 10.9. The van der Waals surface area contributed by atoms with Crippen LogP contribution in [0.4, 0.5) is 4.39 Å². The number of halogens is 1. The molecule has 1 aromatic rings. The van der Waals surface area contributed by atoms with Crippen LogP contribution in [0.15, 0.2) is 12.3 Å². The van der Waals surface area contributed by atoms with Gasteiger partial charge in [-0.05, 0) is 51.7 Å². The molecule has 1 aromatic heterocycles. The van der Waals surface area contributed by atoms with Gasteiger partial charge in [-0.15, -0.1) is 0 Å². The highest BCUT2D eigenvalue weighted by atomic mass is 19.1. The minimum Gasteiger partial charge on any atom is -0.399 e. The van der Waals surface area contributed by atoms with Crippen molar-refractivity contribution in [1.82, 2.24) is 4.98 Å². The predicted molar refractivity (Wildman–Crippen MR) is 64.6 cm³/mol. The van der Waals surface area contributed by atoms with Crippen LogP contribution in [0.3, 0.4) is 0 Å². The van der Waals surface area contributed by atoms with Gasteiger partial charge in [0.15, 0.2) is 0 Å². The predicted octanol–water partition coefficient (Wildman–Crippen LogP) is 1.83. The van der Waals surface area contributed by atoms with Crippen LogP contribution >= 0.6 is 0 Å². The summed E-state index contributed by atoms with van der Waals surface area (Å²) >= 11 is 0. The molecule has 17 heavy (non-hydrogen) atoms. The van der Waals surface area contributed by atoms with E-state index in [2.05, 4.69) is 4.98 Å². The quantitative estimate of drug-likeness (QED) is 0.551. The fraction of sp³-hybridized carbons (Fsp3) is 0.583. The Hall–Kier alpha value is -0.935. The van der Waals surface area contributed by atoms with Gasteiger partial charge in [0.25, 0.3) is 0 Å². The van der Waals surface area contributed by atoms with Gasteiger partial charge in [0.05, 0.1) is 11.2 Å². The first kappa shape index (κ1) is 12.5. The van der Waals surface area contributed by atoms with Gasteiger partial charge in [-0.3, -0.25) is 0 Å². The topological polar surface area (TPSA) is 31.4 Å². The third-order valence-corrected chi connectivity index (χ3v) is 3.62. The molecule has 2 heterocycles. The molecular formula is C12H17BFNO2. The highest BCUT2D eigenvalue weighted by Gasteiger charge is 2.52. The summed E-state index contributed by atoms with van der Waals surface area (Å²) in [5.74, 6) is -0.514. The van der Waals surface area contributed by atoms with Crippen molar-refractivity contribution in [3.05, 3.63) is 23.8 Å². The van der Waals surface area contributed by atoms with Crippen molar-refractivity contribution in [3.63, 3.8) is 0 Å². The molecule has 1 saturated heterocycles. The fourth-order valence-electron chi connectivity index (χ4n) is 1.74. The van der Waals surface area contributed by atoms with E-state index in [1.165, 1.54) is 12.3 Å². The first-order chi connectivity index (χ1) is 7.73. The van der Waals surface area contributed by atoms with Crippen molar-refractivity contribution in [2.45, 2.75) is 45.8 Å². The van der Waals surface area contributed by atoms with Crippen LogP contribution in [0.1, 0.15) is 33.3 Å². The van der Waals surface area contributed by atoms with Crippen molar-refractivity contribution >= 4 is 12.6 Å². The van der Waals surface area contributed by atoms with E-state index in [9.17, 15) is 4.39 Å². The average Bonchev–Trinajstić information content (AvgIpc) is 2.40. The molecule has 0 aliphatic carbocycles. The monoisotopic (exact) mass is 237 g/mol. The van der Waals surface area contributed by atoms with E-state index in [0.717, 1.165) is 5.56 Å². The summed E-state index contributed by atoms with van der Waals surface area (Å²) in [4.78, 5) is 3.61. The Bertz CT molecular complexity index is 432. The normalized spacial score (nSPS) is 21.9. The third kappa shape index (κ3) is 2.09. The van der Waals surface area contributed by atoms with Gasteiger partial charge in [0.1, 0.15) is 0 Å². The van der Waals surface area contributed by atoms with Crippen molar-refractivity contribution in [1.29, 1.82) is 0 Å². The van der Waals surface area contributed by atoms with Gasteiger partial charge in [-0.1, -0.05) is 0 Å². The summed E-state index contributed by atoms with van der Waals surface area (Å²) in [7, 11) is -0.530. The number of nitrogens with zero attached hydrogens (tertiary/aromatic N) is 1. The zero-order chi connectivity index (χ0) is 12.8. The summed E-state index contributed by atoms with van der Waals surface area (Å²) in [5.41, 5.74) is 0.745. The molecule has 0 spiro atoms. The Morgan fingerprint density at radius 1 is 1.18 bits per heavy atom. The third-order valence-electron chi connectivity index (χ3n) is 3.62. The summed E-state index contributed by atoms with van der Waals surface area (Å²) < 4.78 is 24.9. The molecule has 3 nitrogen and oxygen atoms in total. The maximum absolute atomic E-state index is 13.2. The van der Waals surface area contributed by atoms with Crippen molar-refractivity contribution in [2.24, 2.45) is 0 Å². The first-order valence-corrected chi connectivity index (χ1v) is 5.71. The van der Waals surface area contributed by atoms with Gasteiger partial charge in [-0.25, -0.2) is 4.98 Å². The number of aryl methyl sites for hydroxylation is 1. The Morgan fingerprint density at radius 2 is 1.71 bits per heavy atom. The van der Waals surface area contributed by atoms with Crippen LogP contribution < -0.4 is 5.46 Å². The van der Waals surface area contributed by atoms with E-state index in [1.54, 1.807) is 0 Å². The lowest BCUT2D eigenvalue weighted by atomic mass is 9.77. The number of hydrogen-bond acceptors (Lipinski definition) is 3. The fourth-order valence-corrected chi connectivity index (χ4v) is 1.74. The molecule has 92 valence electrons. The smallest absolute Gasteiger partial charge is 0.399 e. The molecule has 0 bridgehead atoms. The van der Waals surface area contributed by atoms with Crippen molar-refractivity contribution < 1.29 is 13.7 Å². The minimum absolute atomic E-state index is 0.413. The molecule has 5 heteroatoms. The first-order valence-electron chi connectivity index (χ1n) is 5.71. The van der Waals surface area contributed by atoms with E-state index in [1.807, 2.05) is 34.6 Å². The van der Waals surface area contributed by atoms with Crippen LogP contribution in [0.2, 0.25) is 0 Å². The van der Waals surface area contributed by atoms with E-state index in [0.29, 0.717) is 5.46 Å². The SMILES string of the molecule is Cc1cnc(F)cc1B1OC(C)(C)C(C)(C)O1. The van der Waals surface area contributed by atoms with Gasteiger partial charge >= 0.3 is 7.12 Å². The van der Waals surface area contributed by atoms with Gasteiger partial charge in [-0.2, -0.15) is 4.39 Å².